The Morgan fingerprint density at radius 3 is 0.891 bits per heavy atom. The van der Waals surface area contributed by atoms with Crippen LogP contribution in [0, 0.1) is 5.92 Å². The molecule has 0 spiro atoms. The molecule has 0 bridgehead atoms. The lowest BCUT2D eigenvalue weighted by atomic mass is 10.0. The smallest absolute Gasteiger partial charge is 0.306 e. The zero-order chi connectivity index (χ0) is 40.3. The fourth-order valence-electron chi connectivity index (χ4n) is 7.33. The molecule has 326 valence electrons. The van der Waals surface area contributed by atoms with Gasteiger partial charge in [-0.2, -0.15) is 0 Å². The Morgan fingerprint density at radius 1 is 0.345 bits per heavy atom. The summed E-state index contributed by atoms with van der Waals surface area (Å²) in [5, 5.41) is 0. The van der Waals surface area contributed by atoms with Crippen molar-refractivity contribution in [2.24, 2.45) is 5.92 Å². The summed E-state index contributed by atoms with van der Waals surface area (Å²) in [4.78, 5) is 37.8. The Morgan fingerprint density at radius 2 is 0.600 bits per heavy atom. The number of rotatable bonds is 44. The van der Waals surface area contributed by atoms with E-state index < -0.39 is 6.10 Å². The molecule has 0 aliphatic heterocycles. The second kappa shape index (κ2) is 43.5. The molecule has 6 heteroatoms. The molecule has 0 aliphatic carbocycles. The summed E-state index contributed by atoms with van der Waals surface area (Å²) in [5.41, 5.74) is 0. The molecule has 0 aromatic carbocycles. The van der Waals surface area contributed by atoms with Gasteiger partial charge >= 0.3 is 17.9 Å². The molecule has 6 nitrogen and oxygen atoms in total. The molecule has 0 aliphatic rings. The van der Waals surface area contributed by atoms with E-state index >= 15 is 0 Å². The molecule has 0 saturated carbocycles. The molecule has 55 heavy (non-hydrogen) atoms. The van der Waals surface area contributed by atoms with E-state index in [-0.39, 0.29) is 31.1 Å². The highest BCUT2D eigenvalue weighted by molar-refractivity contribution is 5.71. The average Bonchev–Trinajstić information content (AvgIpc) is 3.17. The van der Waals surface area contributed by atoms with Crippen LogP contribution in [0.5, 0.6) is 0 Å². The monoisotopic (exact) mass is 779 g/mol. The molecule has 0 aromatic rings. The molecular weight excluding hydrogens is 685 g/mol. The van der Waals surface area contributed by atoms with Crippen LogP contribution in [-0.4, -0.2) is 37.2 Å². The highest BCUT2D eigenvalue weighted by Crippen LogP contribution is 2.17. The predicted molar refractivity (Wildman–Crippen MR) is 233 cm³/mol. The van der Waals surface area contributed by atoms with Gasteiger partial charge in [-0.15, -0.1) is 0 Å². The first kappa shape index (κ1) is 53.4. The lowest BCUT2D eigenvalue weighted by molar-refractivity contribution is -0.167. The minimum absolute atomic E-state index is 0.0633. The first-order valence-corrected chi connectivity index (χ1v) is 24.4. The van der Waals surface area contributed by atoms with E-state index in [2.05, 4.69) is 27.7 Å². The minimum atomic E-state index is -0.759. The second-order valence-electron chi connectivity index (χ2n) is 17.2. The number of ether oxygens (including phenoxy) is 3. The van der Waals surface area contributed by atoms with Gasteiger partial charge in [-0.3, -0.25) is 14.4 Å². The maximum atomic E-state index is 12.7. The van der Waals surface area contributed by atoms with Crippen molar-refractivity contribution in [3.8, 4) is 0 Å². The van der Waals surface area contributed by atoms with Crippen LogP contribution in [0.15, 0.2) is 0 Å². The maximum absolute atomic E-state index is 12.7. The summed E-state index contributed by atoms with van der Waals surface area (Å²) in [6.45, 7) is 8.99. The van der Waals surface area contributed by atoms with Crippen LogP contribution in [0.2, 0.25) is 0 Å². The van der Waals surface area contributed by atoms with Gasteiger partial charge in [0, 0.05) is 19.3 Å². The molecule has 0 radical (unpaired) electrons. The molecule has 0 saturated heterocycles. The van der Waals surface area contributed by atoms with E-state index in [9.17, 15) is 14.4 Å². The Balaban J connectivity index is 4.29. The van der Waals surface area contributed by atoms with E-state index in [1.165, 1.54) is 167 Å². The average molecular weight is 779 g/mol. The lowest BCUT2D eigenvalue weighted by Gasteiger charge is -2.18. The van der Waals surface area contributed by atoms with Crippen LogP contribution in [-0.2, 0) is 28.6 Å². The van der Waals surface area contributed by atoms with E-state index in [0.29, 0.717) is 19.3 Å². The van der Waals surface area contributed by atoms with Crippen LogP contribution >= 0.6 is 0 Å². The molecule has 0 fully saturated rings. The van der Waals surface area contributed by atoms with Crippen molar-refractivity contribution in [2.75, 3.05) is 13.2 Å². The third kappa shape index (κ3) is 43.4. The van der Waals surface area contributed by atoms with Crippen molar-refractivity contribution in [3.63, 3.8) is 0 Å². The lowest BCUT2D eigenvalue weighted by Crippen LogP contribution is -2.30. The minimum Gasteiger partial charge on any atom is -0.462 e. The summed E-state index contributed by atoms with van der Waals surface area (Å²) < 4.78 is 16.7. The largest absolute Gasteiger partial charge is 0.462 e. The van der Waals surface area contributed by atoms with E-state index in [4.69, 9.17) is 14.2 Å². The van der Waals surface area contributed by atoms with E-state index in [0.717, 1.165) is 63.7 Å². The normalized spacial score (nSPS) is 11.9. The quantitative estimate of drug-likeness (QED) is 0.0348. The molecule has 1 atom stereocenters. The third-order valence-corrected chi connectivity index (χ3v) is 11.0. The molecule has 0 heterocycles. The first-order chi connectivity index (χ1) is 26.9. The van der Waals surface area contributed by atoms with E-state index in [1.807, 2.05) is 0 Å². The van der Waals surface area contributed by atoms with Gasteiger partial charge < -0.3 is 14.2 Å². The zero-order valence-corrected chi connectivity index (χ0v) is 37.4. The van der Waals surface area contributed by atoms with Crippen molar-refractivity contribution >= 4 is 17.9 Å². The van der Waals surface area contributed by atoms with Gasteiger partial charge in [-0.25, -0.2) is 0 Å². The topological polar surface area (TPSA) is 78.9 Å². The van der Waals surface area contributed by atoms with Gasteiger partial charge in [0.15, 0.2) is 6.10 Å². The number of hydrogen-bond acceptors (Lipinski definition) is 6. The Hall–Kier alpha value is -1.59. The van der Waals surface area contributed by atoms with Gasteiger partial charge in [0.1, 0.15) is 13.2 Å². The Kier molecular flexibility index (Phi) is 42.3. The summed E-state index contributed by atoms with van der Waals surface area (Å²) in [7, 11) is 0. The van der Waals surface area contributed by atoms with Crippen molar-refractivity contribution in [2.45, 2.75) is 278 Å². The third-order valence-electron chi connectivity index (χ3n) is 11.0. The van der Waals surface area contributed by atoms with Crippen LogP contribution in [0.3, 0.4) is 0 Å². The maximum Gasteiger partial charge on any atom is 0.306 e. The highest BCUT2D eigenvalue weighted by Gasteiger charge is 2.19. The van der Waals surface area contributed by atoms with Gasteiger partial charge in [-0.05, 0) is 25.2 Å². The fourth-order valence-corrected chi connectivity index (χ4v) is 7.33. The van der Waals surface area contributed by atoms with Crippen molar-refractivity contribution in [3.05, 3.63) is 0 Å². The summed E-state index contributed by atoms with van der Waals surface area (Å²) in [6, 6.07) is 0. The summed E-state index contributed by atoms with van der Waals surface area (Å²) >= 11 is 0. The van der Waals surface area contributed by atoms with Gasteiger partial charge in [0.05, 0.1) is 0 Å². The van der Waals surface area contributed by atoms with Crippen molar-refractivity contribution in [1.29, 1.82) is 0 Å². The summed E-state index contributed by atoms with van der Waals surface area (Å²) in [6.07, 6.45) is 43.7. The standard InChI is InChI=1S/C49H94O6/c1-5-7-9-11-13-15-16-17-18-21-25-29-33-37-41-48(51)54-44-46(43-53-47(50)40-36-32-28-23-14-12-10-8-6-2)55-49(52)42-38-34-30-26-22-19-20-24-27-31-35-39-45(3)4/h45-46H,5-44H2,1-4H3/t46-/m1/s1. The number of unbranched alkanes of at least 4 members (excludes halogenated alkanes) is 31. The van der Waals surface area contributed by atoms with Gasteiger partial charge in [-0.1, -0.05) is 233 Å². The Labute approximate surface area is 342 Å². The van der Waals surface area contributed by atoms with Crippen molar-refractivity contribution < 1.29 is 28.6 Å². The molecule has 0 N–H and O–H groups in total. The molecule has 0 aromatic heterocycles. The second-order valence-corrected chi connectivity index (χ2v) is 17.2. The summed E-state index contributed by atoms with van der Waals surface area (Å²) in [5.74, 6) is -0.0263. The molecule has 0 unspecified atom stereocenters. The fraction of sp³-hybridized carbons (Fsp3) is 0.939. The van der Waals surface area contributed by atoms with Crippen LogP contribution in [0.25, 0.3) is 0 Å². The number of hydrogen-bond donors (Lipinski definition) is 0. The van der Waals surface area contributed by atoms with Crippen LogP contribution in [0.1, 0.15) is 272 Å². The van der Waals surface area contributed by atoms with Crippen LogP contribution < -0.4 is 0 Å². The number of carbonyl (C=O) groups excluding carboxylic acids is 3. The molecule has 0 rings (SSSR count). The molecular formula is C49H94O6. The Bertz CT molecular complexity index is 826. The highest BCUT2D eigenvalue weighted by atomic mass is 16.6. The van der Waals surface area contributed by atoms with Crippen LogP contribution in [0.4, 0.5) is 0 Å². The zero-order valence-electron chi connectivity index (χ0n) is 37.4. The first-order valence-electron chi connectivity index (χ1n) is 24.4. The van der Waals surface area contributed by atoms with E-state index in [1.54, 1.807) is 0 Å². The SMILES string of the molecule is CCCCCCCCCCCCCCCCC(=O)OC[C@@H](COC(=O)CCCCCCCCCCC)OC(=O)CCCCCCCCCCCCCC(C)C. The van der Waals surface area contributed by atoms with Crippen molar-refractivity contribution in [1.82, 2.24) is 0 Å². The molecule has 0 amide bonds. The number of esters is 3. The number of carbonyl (C=O) groups is 3. The van der Waals surface area contributed by atoms with Gasteiger partial charge in [0.2, 0.25) is 0 Å². The van der Waals surface area contributed by atoms with Gasteiger partial charge in [0.25, 0.3) is 0 Å². The predicted octanol–water partition coefficient (Wildman–Crippen LogP) is 15.5.